The van der Waals surface area contributed by atoms with Crippen LogP contribution in [0.1, 0.15) is 60.4 Å². The molecule has 3 aromatic rings. The predicted octanol–water partition coefficient (Wildman–Crippen LogP) is 4.86. The number of thioether (sulfide) groups is 1. The number of nitrogens with one attached hydrogen (secondary N) is 1. The van der Waals surface area contributed by atoms with Crippen LogP contribution in [0, 0.1) is 12.8 Å². The third-order valence-electron chi connectivity index (χ3n) is 5.24. The monoisotopic (exact) mass is 465 g/mol. The van der Waals surface area contributed by atoms with E-state index in [1.165, 1.54) is 11.8 Å². The molecule has 1 heterocycles. The summed E-state index contributed by atoms with van der Waals surface area (Å²) in [5.74, 6) is 0.369. The smallest absolute Gasteiger partial charge is 0.262 e. The molecule has 2 aromatic carbocycles. The van der Waals surface area contributed by atoms with E-state index in [4.69, 9.17) is 4.98 Å². The van der Waals surface area contributed by atoms with Crippen molar-refractivity contribution in [2.75, 3.05) is 5.75 Å². The van der Waals surface area contributed by atoms with Gasteiger partial charge in [-0.15, -0.1) is 0 Å². The molecular formula is C26H31N3O3S. The number of carbonyl (C=O) groups excluding carboxylic acids is 2. The van der Waals surface area contributed by atoms with Crippen LogP contribution in [0.3, 0.4) is 0 Å². The van der Waals surface area contributed by atoms with E-state index >= 15 is 0 Å². The fraction of sp³-hybridized carbons (Fsp3) is 0.385. The molecule has 3 rings (SSSR count). The Labute approximate surface area is 198 Å². The standard InChI is InChI=1S/C26H31N3O3S/c1-16(2)12-13-29-25(32)21-11-10-20(24(31)27-17(3)4)14-22(21)28-26(29)33-15-23(30)19-8-6-18(5)7-9-19/h6-11,14,16-17H,12-13,15H2,1-5H3,(H,27,31). The number of rotatable bonds is 9. The number of amides is 1. The second-order valence-electron chi connectivity index (χ2n) is 8.97. The van der Waals surface area contributed by atoms with Crippen molar-refractivity contribution in [3.05, 3.63) is 69.5 Å². The number of ketones is 1. The molecule has 0 spiro atoms. The van der Waals surface area contributed by atoms with Crippen molar-refractivity contribution in [1.82, 2.24) is 14.9 Å². The molecule has 6 nitrogen and oxygen atoms in total. The minimum absolute atomic E-state index is 0.00379. The lowest BCUT2D eigenvalue weighted by Gasteiger charge is -2.15. The van der Waals surface area contributed by atoms with Crippen molar-refractivity contribution in [3.63, 3.8) is 0 Å². The van der Waals surface area contributed by atoms with Crippen molar-refractivity contribution in [2.24, 2.45) is 5.92 Å². The minimum atomic E-state index is -0.207. The molecule has 0 aliphatic carbocycles. The maximum atomic E-state index is 13.3. The molecule has 0 bridgehead atoms. The second-order valence-corrected chi connectivity index (χ2v) is 9.91. The summed E-state index contributed by atoms with van der Waals surface area (Å²) in [7, 11) is 0. The van der Waals surface area contributed by atoms with Gasteiger partial charge in [-0.05, 0) is 51.3 Å². The number of aryl methyl sites for hydroxylation is 1. The first-order chi connectivity index (χ1) is 15.7. The van der Waals surface area contributed by atoms with E-state index in [0.29, 0.717) is 39.6 Å². The summed E-state index contributed by atoms with van der Waals surface area (Å²) in [6.45, 7) is 10.5. The van der Waals surface area contributed by atoms with Gasteiger partial charge in [-0.2, -0.15) is 0 Å². The molecule has 0 radical (unpaired) electrons. The van der Waals surface area contributed by atoms with E-state index < -0.39 is 0 Å². The van der Waals surface area contributed by atoms with Gasteiger partial charge in [0, 0.05) is 23.7 Å². The van der Waals surface area contributed by atoms with E-state index in [1.807, 2.05) is 45.0 Å². The fourth-order valence-electron chi connectivity index (χ4n) is 3.33. The van der Waals surface area contributed by atoms with Crippen LogP contribution in [0.15, 0.2) is 52.4 Å². The molecule has 0 unspecified atom stereocenters. The zero-order valence-electron chi connectivity index (χ0n) is 19.8. The Morgan fingerprint density at radius 1 is 1.03 bits per heavy atom. The van der Waals surface area contributed by atoms with Gasteiger partial charge in [0.25, 0.3) is 11.5 Å². The van der Waals surface area contributed by atoms with Crippen LogP contribution in [0.5, 0.6) is 0 Å². The van der Waals surface area contributed by atoms with Crippen LogP contribution in [-0.2, 0) is 6.54 Å². The number of hydrogen-bond donors (Lipinski definition) is 1. The largest absolute Gasteiger partial charge is 0.350 e. The first kappa shape index (κ1) is 24.7. The molecule has 0 fully saturated rings. The summed E-state index contributed by atoms with van der Waals surface area (Å²) in [4.78, 5) is 43.2. The van der Waals surface area contributed by atoms with Gasteiger partial charge in [0.15, 0.2) is 10.9 Å². The van der Waals surface area contributed by atoms with Gasteiger partial charge in [0.2, 0.25) is 0 Å². The molecule has 1 amide bonds. The molecule has 0 aliphatic heterocycles. The predicted molar refractivity (Wildman–Crippen MR) is 134 cm³/mol. The topological polar surface area (TPSA) is 81.1 Å². The van der Waals surface area contributed by atoms with Crippen LogP contribution >= 0.6 is 11.8 Å². The summed E-state index contributed by atoms with van der Waals surface area (Å²) in [5, 5.41) is 3.82. The van der Waals surface area contributed by atoms with Crippen molar-refractivity contribution >= 4 is 34.4 Å². The molecule has 0 atom stereocenters. The molecule has 0 aliphatic rings. The van der Waals surface area contributed by atoms with Crippen molar-refractivity contribution in [3.8, 4) is 0 Å². The number of nitrogens with zero attached hydrogens (tertiary/aromatic N) is 2. The Balaban J connectivity index is 1.96. The molecule has 33 heavy (non-hydrogen) atoms. The minimum Gasteiger partial charge on any atom is -0.350 e. The van der Waals surface area contributed by atoms with Gasteiger partial charge < -0.3 is 5.32 Å². The van der Waals surface area contributed by atoms with Crippen molar-refractivity contribution < 1.29 is 9.59 Å². The summed E-state index contributed by atoms with van der Waals surface area (Å²) >= 11 is 1.26. The van der Waals surface area contributed by atoms with E-state index in [2.05, 4.69) is 19.2 Å². The van der Waals surface area contributed by atoms with E-state index in [1.54, 1.807) is 22.8 Å². The fourth-order valence-corrected chi connectivity index (χ4v) is 4.25. The molecule has 1 aromatic heterocycles. The molecular weight excluding hydrogens is 434 g/mol. The molecule has 0 saturated carbocycles. The lowest BCUT2D eigenvalue weighted by Crippen LogP contribution is -2.30. The summed E-state index contributed by atoms with van der Waals surface area (Å²) < 4.78 is 1.66. The molecule has 174 valence electrons. The SMILES string of the molecule is Cc1ccc(C(=O)CSc2nc3cc(C(=O)NC(C)C)ccc3c(=O)n2CCC(C)C)cc1. The lowest BCUT2D eigenvalue weighted by atomic mass is 10.1. The van der Waals surface area contributed by atoms with Gasteiger partial charge in [-0.1, -0.05) is 55.4 Å². The Bertz CT molecular complexity index is 1210. The second kappa shape index (κ2) is 10.8. The Morgan fingerprint density at radius 2 is 1.70 bits per heavy atom. The van der Waals surface area contributed by atoms with Crippen LogP contribution in [-0.4, -0.2) is 33.0 Å². The zero-order chi connectivity index (χ0) is 24.1. The normalized spacial score (nSPS) is 11.4. The maximum Gasteiger partial charge on any atom is 0.262 e. The maximum absolute atomic E-state index is 13.3. The summed E-state index contributed by atoms with van der Waals surface area (Å²) in [6, 6.07) is 12.4. The number of fused-ring (bicyclic) bond motifs is 1. The summed E-state index contributed by atoms with van der Waals surface area (Å²) in [6.07, 6.45) is 0.821. The number of benzene rings is 2. The molecule has 0 saturated heterocycles. The van der Waals surface area contributed by atoms with Crippen molar-refractivity contribution in [1.29, 1.82) is 0 Å². The van der Waals surface area contributed by atoms with Crippen LogP contribution in [0.4, 0.5) is 0 Å². The van der Waals surface area contributed by atoms with Crippen LogP contribution < -0.4 is 10.9 Å². The quantitative estimate of drug-likeness (QED) is 0.277. The number of carbonyl (C=O) groups is 2. The Kier molecular flexibility index (Phi) is 8.08. The third-order valence-corrected chi connectivity index (χ3v) is 6.21. The zero-order valence-corrected chi connectivity index (χ0v) is 20.7. The highest BCUT2D eigenvalue weighted by molar-refractivity contribution is 7.99. The Hall–Kier alpha value is -2.93. The summed E-state index contributed by atoms with van der Waals surface area (Å²) in [5.41, 5.74) is 2.49. The van der Waals surface area contributed by atoms with E-state index in [-0.39, 0.29) is 29.0 Å². The van der Waals surface area contributed by atoms with Gasteiger partial charge in [-0.3, -0.25) is 19.0 Å². The molecule has 1 N–H and O–H groups in total. The number of Topliss-reactive ketones (excluding diaryl/α,β-unsaturated/α-hetero) is 1. The van der Waals surface area contributed by atoms with E-state index in [9.17, 15) is 14.4 Å². The molecule has 7 heteroatoms. The van der Waals surface area contributed by atoms with Crippen LogP contribution in [0.2, 0.25) is 0 Å². The average molecular weight is 466 g/mol. The van der Waals surface area contributed by atoms with Gasteiger partial charge in [-0.25, -0.2) is 4.98 Å². The first-order valence-corrected chi connectivity index (χ1v) is 12.2. The highest BCUT2D eigenvalue weighted by Gasteiger charge is 2.16. The third kappa shape index (κ3) is 6.32. The highest BCUT2D eigenvalue weighted by Crippen LogP contribution is 2.21. The lowest BCUT2D eigenvalue weighted by molar-refractivity contribution is 0.0942. The van der Waals surface area contributed by atoms with Gasteiger partial charge >= 0.3 is 0 Å². The van der Waals surface area contributed by atoms with Gasteiger partial charge in [0.1, 0.15) is 0 Å². The Morgan fingerprint density at radius 3 is 2.33 bits per heavy atom. The number of hydrogen-bond acceptors (Lipinski definition) is 5. The average Bonchev–Trinajstić information content (AvgIpc) is 2.76. The van der Waals surface area contributed by atoms with E-state index in [0.717, 1.165) is 12.0 Å². The highest BCUT2D eigenvalue weighted by atomic mass is 32.2. The first-order valence-electron chi connectivity index (χ1n) is 11.2. The van der Waals surface area contributed by atoms with Crippen LogP contribution in [0.25, 0.3) is 10.9 Å². The van der Waals surface area contributed by atoms with Gasteiger partial charge in [0.05, 0.1) is 16.7 Å². The van der Waals surface area contributed by atoms with Crippen molar-refractivity contribution in [2.45, 2.75) is 58.8 Å². The number of aromatic nitrogens is 2.